The first kappa shape index (κ1) is 21.9. The van der Waals surface area contributed by atoms with Crippen LogP contribution in [0.4, 0.5) is 5.69 Å². The van der Waals surface area contributed by atoms with Crippen LogP contribution in [0.1, 0.15) is 44.9 Å². The highest BCUT2D eigenvalue weighted by molar-refractivity contribution is 7.89. The average molecular weight is 390 g/mol. The Morgan fingerprint density at radius 1 is 1.08 bits per heavy atom. The largest absolute Gasteiger partial charge is 0.330 e. The van der Waals surface area contributed by atoms with E-state index in [1.807, 2.05) is 0 Å². The number of halogens is 1. The summed E-state index contributed by atoms with van der Waals surface area (Å²) in [4.78, 5) is 12.1. The molecule has 4 N–H and O–H groups in total. The number of nitrogens with one attached hydrogen (secondary N) is 2. The lowest BCUT2D eigenvalue weighted by atomic mass is 10.1. The van der Waals surface area contributed by atoms with Crippen LogP contribution in [0.15, 0.2) is 29.2 Å². The number of rotatable bonds is 11. The molecule has 2 rings (SSSR count). The van der Waals surface area contributed by atoms with E-state index in [-0.39, 0.29) is 23.2 Å². The first-order chi connectivity index (χ1) is 11.5. The van der Waals surface area contributed by atoms with E-state index in [2.05, 4.69) is 10.0 Å². The van der Waals surface area contributed by atoms with E-state index < -0.39 is 10.0 Å². The number of nitrogens with two attached hydrogens (primary N) is 1. The molecule has 1 saturated carbocycles. The molecule has 0 radical (unpaired) electrons. The predicted octanol–water partition coefficient (Wildman–Crippen LogP) is 2.64. The van der Waals surface area contributed by atoms with Crippen LogP contribution in [0.25, 0.3) is 0 Å². The molecule has 1 aliphatic rings. The van der Waals surface area contributed by atoms with Crippen LogP contribution in [-0.4, -0.2) is 27.4 Å². The molecule has 0 heterocycles. The van der Waals surface area contributed by atoms with Crippen molar-refractivity contribution in [2.75, 3.05) is 18.4 Å². The molecule has 1 aromatic rings. The molecule has 0 spiro atoms. The van der Waals surface area contributed by atoms with Gasteiger partial charge in [0.1, 0.15) is 0 Å². The fourth-order valence-corrected chi connectivity index (χ4v) is 3.47. The number of benzene rings is 1. The summed E-state index contributed by atoms with van der Waals surface area (Å²) in [7, 11) is -3.46. The summed E-state index contributed by atoms with van der Waals surface area (Å²) >= 11 is 0. The molecular formula is C17H28ClN3O3S. The summed E-state index contributed by atoms with van der Waals surface area (Å²) in [5.74, 6) is 0.438. The van der Waals surface area contributed by atoms with Crippen molar-refractivity contribution in [1.29, 1.82) is 0 Å². The van der Waals surface area contributed by atoms with Crippen molar-refractivity contribution in [2.24, 2.45) is 11.7 Å². The minimum Gasteiger partial charge on any atom is -0.330 e. The molecule has 0 bridgehead atoms. The average Bonchev–Trinajstić information content (AvgIpc) is 3.38. The maximum Gasteiger partial charge on any atom is 0.240 e. The Morgan fingerprint density at radius 2 is 1.72 bits per heavy atom. The zero-order chi connectivity index (χ0) is 17.4. The third-order valence-corrected chi connectivity index (χ3v) is 5.50. The number of amides is 1. The SMILES string of the molecule is Cl.NCCCCCCC(=O)Nc1ccc(S(=O)(=O)NCC2CC2)cc1. The van der Waals surface area contributed by atoms with Crippen LogP contribution in [0.3, 0.4) is 0 Å². The van der Waals surface area contributed by atoms with Gasteiger partial charge in [-0.15, -0.1) is 12.4 Å². The highest BCUT2D eigenvalue weighted by atomic mass is 35.5. The zero-order valence-corrected chi connectivity index (χ0v) is 16.0. The maximum absolute atomic E-state index is 12.1. The second kappa shape index (κ2) is 10.8. The second-order valence-electron chi connectivity index (χ2n) is 6.32. The lowest BCUT2D eigenvalue weighted by molar-refractivity contribution is -0.116. The molecule has 1 aromatic carbocycles. The molecule has 0 aromatic heterocycles. The van der Waals surface area contributed by atoms with Gasteiger partial charge in [0.2, 0.25) is 15.9 Å². The van der Waals surface area contributed by atoms with Crippen molar-refractivity contribution in [1.82, 2.24) is 4.72 Å². The Hall–Kier alpha value is -1.15. The van der Waals surface area contributed by atoms with Crippen LogP contribution < -0.4 is 15.8 Å². The van der Waals surface area contributed by atoms with Crippen molar-refractivity contribution in [3.63, 3.8) is 0 Å². The molecule has 6 nitrogen and oxygen atoms in total. The van der Waals surface area contributed by atoms with Gasteiger partial charge in [0.05, 0.1) is 4.90 Å². The molecule has 1 aliphatic carbocycles. The summed E-state index contributed by atoms with van der Waals surface area (Å²) in [5, 5.41) is 2.79. The van der Waals surface area contributed by atoms with Crippen molar-refractivity contribution in [2.45, 2.75) is 49.8 Å². The fraction of sp³-hybridized carbons (Fsp3) is 0.588. The van der Waals surface area contributed by atoms with Gasteiger partial charge in [0.15, 0.2) is 0 Å². The van der Waals surface area contributed by atoms with Gasteiger partial charge in [-0.1, -0.05) is 12.8 Å². The van der Waals surface area contributed by atoms with Crippen LogP contribution in [0.2, 0.25) is 0 Å². The zero-order valence-electron chi connectivity index (χ0n) is 14.4. The van der Waals surface area contributed by atoms with E-state index in [1.54, 1.807) is 12.1 Å². The Kier molecular flexibility index (Phi) is 9.42. The summed E-state index contributed by atoms with van der Waals surface area (Å²) < 4.78 is 26.9. The summed E-state index contributed by atoms with van der Waals surface area (Å²) in [6.45, 7) is 1.20. The van der Waals surface area contributed by atoms with E-state index in [1.165, 1.54) is 12.1 Å². The highest BCUT2D eigenvalue weighted by Gasteiger charge is 2.24. The minimum atomic E-state index is -3.46. The van der Waals surface area contributed by atoms with Gasteiger partial charge in [-0.05, 0) is 62.4 Å². The van der Waals surface area contributed by atoms with Gasteiger partial charge in [-0.25, -0.2) is 13.1 Å². The lowest BCUT2D eigenvalue weighted by Crippen LogP contribution is -2.25. The summed E-state index contributed by atoms with van der Waals surface area (Å²) in [6.07, 6.45) is 6.53. The fourth-order valence-electron chi connectivity index (χ4n) is 2.36. The van der Waals surface area contributed by atoms with Crippen LogP contribution in [-0.2, 0) is 14.8 Å². The van der Waals surface area contributed by atoms with Crippen LogP contribution in [0.5, 0.6) is 0 Å². The molecule has 0 atom stereocenters. The van der Waals surface area contributed by atoms with Gasteiger partial charge in [0, 0.05) is 18.7 Å². The van der Waals surface area contributed by atoms with E-state index in [9.17, 15) is 13.2 Å². The molecule has 8 heteroatoms. The Balaban J connectivity index is 0.00000312. The predicted molar refractivity (Wildman–Crippen MR) is 102 cm³/mol. The topological polar surface area (TPSA) is 101 Å². The van der Waals surface area contributed by atoms with Gasteiger partial charge >= 0.3 is 0 Å². The number of carbonyl (C=O) groups is 1. The number of unbranched alkanes of at least 4 members (excludes halogenated alkanes) is 3. The third-order valence-electron chi connectivity index (χ3n) is 4.07. The van der Waals surface area contributed by atoms with E-state index in [0.29, 0.717) is 31.1 Å². The molecular weight excluding hydrogens is 362 g/mol. The number of carbonyl (C=O) groups excluding carboxylic acids is 1. The first-order valence-electron chi connectivity index (χ1n) is 8.61. The number of hydrogen-bond acceptors (Lipinski definition) is 4. The van der Waals surface area contributed by atoms with Crippen molar-refractivity contribution in [3.8, 4) is 0 Å². The van der Waals surface area contributed by atoms with Gasteiger partial charge < -0.3 is 11.1 Å². The highest BCUT2D eigenvalue weighted by Crippen LogP contribution is 2.28. The van der Waals surface area contributed by atoms with Crippen molar-refractivity contribution in [3.05, 3.63) is 24.3 Å². The van der Waals surface area contributed by atoms with Crippen molar-refractivity contribution < 1.29 is 13.2 Å². The Morgan fingerprint density at radius 3 is 2.32 bits per heavy atom. The molecule has 1 amide bonds. The second-order valence-corrected chi connectivity index (χ2v) is 8.09. The Labute approximate surface area is 156 Å². The van der Waals surface area contributed by atoms with Gasteiger partial charge in [-0.2, -0.15) is 0 Å². The standard InChI is InChI=1S/C17H27N3O3S.ClH/c18-12-4-2-1-3-5-17(21)20-15-8-10-16(11-9-15)24(22,23)19-13-14-6-7-14;/h8-11,14,19H,1-7,12-13,18H2,(H,20,21);1H. The maximum atomic E-state index is 12.1. The lowest BCUT2D eigenvalue weighted by Gasteiger charge is -2.08. The monoisotopic (exact) mass is 389 g/mol. The normalized spacial score (nSPS) is 14.0. The van der Waals surface area contributed by atoms with Crippen LogP contribution in [0, 0.1) is 5.92 Å². The summed E-state index contributed by atoms with van der Waals surface area (Å²) in [6, 6.07) is 6.29. The molecule has 25 heavy (non-hydrogen) atoms. The van der Waals surface area contributed by atoms with Crippen molar-refractivity contribution >= 4 is 34.0 Å². The van der Waals surface area contributed by atoms with E-state index >= 15 is 0 Å². The molecule has 0 saturated heterocycles. The van der Waals surface area contributed by atoms with E-state index in [4.69, 9.17) is 5.73 Å². The number of sulfonamides is 1. The minimum absolute atomic E-state index is 0. The van der Waals surface area contributed by atoms with Crippen LogP contribution >= 0.6 is 12.4 Å². The molecule has 1 fully saturated rings. The van der Waals surface area contributed by atoms with Gasteiger partial charge in [-0.3, -0.25) is 4.79 Å². The molecule has 0 aliphatic heterocycles. The number of hydrogen-bond donors (Lipinski definition) is 3. The smallest absolute Gasteiger partial charge is 0.240 e. The number of anilines is 1. The first-order valence-corrected chi connectivity index (χ1v) is 10.1. The Bertz CT molecular complexity index is 631. The molecule has 142 valence electrons. The quantitative estimate of drug-likeness (QED) is 0.506. The molecule has 0 unspecified atom stereocenters. The van der Waals surface area contributed by atoms with E-state index in [0.717, 1.165) is 38.5 Å². The third kappa shape index (κ3) is 8.18. The summed E-state index contributed by atoms with van der Waals surface area (Å²) in [5.41, 5.74) is 6.04. The van der Waals surface area contributed by atoms with Gasteiger partial charge in [0.25, 0.3) is 0 Å².